The Bertz CT molecular complexity index is 541. The number of halogens is 1. The predicted octanol–water partition coefficient (Wildman–Crippen LogP) is 2.29. The lowest BCUT2D eigenvalue weighted by Crippen LogP contribution is -2.58. The monoisotopic (exact) mass is 277 g/mol. The van der Waals surface area contributed by atoms with Crippen LogP contribution in [0.1, 0.15) is 26.7 Å². The van der Waals surface area contributed by atoms with E-state index < -0.39 is 0 Å². The molecule has 5 heteroatoms. The molecule has 2 heterocycles. The van der Waals surface area contributed by atoms with Crippen LogP contribution in [0.2, 0.25) is 0 Å². The zero-order valence-electron chi connectivity index (χ0n) is 11.9. The van der Waals surface area contributed by atoms with E-state index in [1.54, 1.807) is 12.1 Å². The van der Waals surface area contributed by atoms with Gasteiger partial charge in [-0.3, -0.25) is 4.99 Å². The largest absolute Gasteiger partial charge is 0.375 e. The van der Waals surface area contributed by atoms with Crippen LogP contribution in [0.25, 0.3) is 0 Å². The Kier molecular flexibility index (Phi) is 2.97. The van der Waals surface area contributed by atoms with Gasteiger partial charge in [-0.25, -0.2) is 4.39 Å². The van der Waals surface area contributed by atoms with Gasteiger partial charge in [-0.15, -0.1) is 0 Å². The van der Waals surface area contributed by atoms with Crippen LogP contribution >= 0.6 is 0 Å². The van der Waals surface area contributed by atoms with Crippen molar-refractivity contribution in [2.75, 3.05) is 18.1 Å². The molecule has 0 saturated carbocycles. The number of rotatable bonds is 1. The molecule has 4 nitrogen and oxygen atoms in total. The van der Waals surface area contributed by atoms with Crippen molar-refractivity contribution >= 4 is 11.6 Å². The van der Waals surface area contributed by atoms with Crippen molar-refractivity contribution < 1.29 is 9.13 Å². The van der Waals surface area contributed by atoms with Gasteiger partial charge in [0.2, 0.25) is 0 Å². The fraction of sp³-hybridized carbons (Fsp3) is 0.533. The molecule has 0 aromatic heterocycles. The summed E-state index contributed by atoms with van der Waals surface area (Å²) in [6.07, 6.45) is 1.72. The molecule has 20 heavy (non-hydrogen) atoms. The van der Waals surface area contributed by atoms with Crippen LogP contribution in [0.5, 0.6) is 0 Å². The van der Waals surface area contributed by atoms with Gasteiger partial charge >= 0.3 is 0 Å². The molecule has 3 rings (SSSR count). The van der Waals surface area contributed by atoms with Gasteiger partial charge in [-0.05, 0) is 44.5 Å². The third-order valence-corrected chi connectivity index (χ3v) is 4.14. The molecule has 1 fully saturated rings. The highest BCUT2D eigenvalue weighted by Gasteiger charge is 2.49. The Morgan fingerprint density at radius 3 is 2.65 bits per heavy atom. The lowest BCUT2D eigenvalue weighted by Gasteiger charge is -2.47. The first-order valence-corrected chi connectivity index (χ1v) is 6.92. The summed E-state index contributed by atoms with van der Waals surface area (Å²) in [5.74, 6) is 0.263. The molecule has 1 saturated heterocycles. The Morgan fingerprint density at radius 1 is 1.30 bits per heavy atom. The zero-order chi connectivity index (χ0) is 14.4. The summed E-state index contributed by atoms with van der Waals surface area (Å²) in [6.45, 7) is 5.53. The minimum Gasteiger partial charge on any atom is -0.375 e. The van der Waals surface area contributed by atoms with Crippen LogP contribution in [0.3, 0.4) is 0 Å². The van der Waals surface area contributed by atoms with Crippen LogP contribution in [0.4, 0.5) is 10.1 Å². The summed E-state index contributed by atoms with van der Waals surface area (Å²) in [5, 5.41) is 0. The summed E-state index contributed by atoms with van der Waals surface area (Å²) in [6, 6.07) is 6.43. The lowest BCUT2D eigenvalue weighted by atomic mass is 9.80. The van der Waals surface area contributed by atoms with Crippen LogP contribution in [-0.2, 0) is 4.74 Å². The van der Waals surface area contributed by atoms with Gasteiger partial charge in [0.25, 0.3) is 0 Å². The van der Waals surface area contributed by atoms with Crippen LogP contribution in [0.15, 0.2) is 29.3 Å². The molecule has 0 amide bonds. The molecular formula is C15H20FN3O. The lowest BCUT2D eigenvalue weighted by molar-refractivity contribution is -0.0757. The molecule has 0 radical (unpaired) electrons. The van der Waals surface area contributed by atoms with E-state index in [2.05, 4.69) is 23.7 Å². The smallest absolute Gasteiger partial charge is 0.196 e. The highest BCUT2D eigenvalue weighted by atomic mass is 19.1. The molecule has 2 aliphatic rings. The van der Waals surface area contributed by atoms with Crippen molar-refractivity contribution in [3.63, 3.8) is 0 Å². The molecule has 1 aromatic rings. The van der Waals surface area contributed by atoms with Gasteiger partial charge in [0, 0.05) is 18.7 Å². The first kappa shape index (κ1) is 13.4. The van der Waals surface area contributed by atoms with E-state index in [0.717, 1.165) is 18.5 Å². The molecule has 108 valence electrons. The molecule has 2 aliphatic heterocycles. The highest BCUT2D eigenvalue weighted by molar-refractivity contribution is 5.98. The van der Waals surface area contributed by atoms with E-state index in [9.17, 15) is 4.39 Å². The summed E-state index contributed by atoms with van der Waals surface area (Å²) >= 11 is 0. The van der Waals surface area contributed by atoms with E-state index in [0.29, 0.717) is 19.1 Å². The molecule has 1 atom stereocenters. The summed E-state index contributed by atoms with van der Waals surface area (Å²) in [4.78, 5) is 6.48. The Labute approximate surface area is 118 Å². The number of nitrogens with two attached hydrogens (primary N) is 1. The van der Waals surface area contributed by atoms with Gasteiger partial charge in [0.05, 0.1) is 17.7 Å². The molecule has 1 unspecified atom stereocenters. The summed E-state index contributed by atoms with van der Waals surface area (Å²) < 4.78 is 18.9. The topological polar surface area (TPSA) is 50.9 Å². The molecule has 0 bridgehead atoms. The molecule has 0 aliphatic carbocycles. The number of guanidine groups is 1. The van der Waals surface area contributed by atoms with E-state index in [1.807, 2.05) is 0 Å². The first-order valence-electron chi connectivity index (χ1n) is 6.92. The van der Waals surface area contributed by atoms with Crippen LogP contribution in [0, 0.1) is 5.82 Å². The fourth-order valence-corrected chi connectivity index (χ4v) is 3.38. The second kappa shape index (κ2) is 4.45. The maximum absolute atomic E-state index is 13.1. The Morgan fingerprint density at radius 2 is 2.00 bits per heavy atom. The fourth-order valence-electron chi connectivity index (χ4n) is 3.38. The molecule has 1 aromatic carbocycles. The molecule has 1 spiro atoms. The van der Waals surface area contributed by atoms with Crippen molar-refractivity contribution in [3.05, 3.63) is 30.1 Å². The standard InChI is InChI=1S/C15H20FN3O/c1-14(2)9-15(7-8-20-14)10-18-13(17)19(15)12-5-3-11(16)4-6-12/h3-6H,7-10H2,1-2H3,(H2,17,18). The minimum atomic E-state index is -0.246. The predicted molar refractivity (Wildman–Crippen MR) is 77.4 cm³/mol. The van der Waals surface area contributed by atoms with Gasteiger partial charge in [0.15, 0.2) is 5.96 Å². The van der Waals surface area contributed by atoms with Crippen molar-refractivity contribution in [1.29, 1.82) is 0 Å². The number of aliphatic imine (C=N–C) groups is 1. The minimum absolute atomic E-state index is 0.149. The zero-order valence-corrected chi connectivity index (χ0v) is 11.9. The van der Waals surface area contributed by atoms with Crippen molar-refractivity contribution in [1.82, 2.24) is 0 Å². The average molecular weight is 277 g/mol. The van der Waals surface area contributed by atoms with E-state index >= 15 is 0 Å². The van der Waals surface area contributed by atoms with E-state index in [1.165, 1.54) is 12.1 Å². The number of benzene rings is 1. The molecular weight excluding hydrogens is 257 g/mol. The highest BCUT2D eigenvalue weighted by Crippen LogP contribution is 2.41. The van der Waals surface area contributed by atoms with Gasteiger partial charge < -0.3 is 15.4 Å². The van der Waals surface area contributed by atoms with Gasteiger partial charge in [-0.2, -0.15) is 0 Å². The van der Waals surface area contributed by atoms with Crippen molar-refractivity contribution in [2.24, 2.45) is 10.7 Å². The Hall–Kier alpha value is -1.62. The second-order valence-corrected chi connectivity index (χ2v) is 6.25. The first-order chi connectivity index (χ1) is 9.42. The summed E-state index contributed by atoms with van der Waals surface area (Å²) in [5.41, 5.74) is 6.63. The quantitative estimate of drug-likeness (QED) is 0.857. The maximum Gasteiger partial charge on any atom is 0.196 e. The second-order valence-electron chi connectivity index (χ2n) is 6.25. The SMILES string of the molecule is CC1(C)CC2(CCO1)CN=C(N)N2c1ccc(F)cc1. The third-order valence-electron chi connectivity index (χ3n) is 4.14. The van der Waals surface area contributed by atoms with Crippen LogP contribution in [-0.4, -0.2) is 30.3 Å². The third kappa shape index (κ3) is 2.16. The average Bonchev–Trinajstić information content (AvgIpc) is 2.66. The van der Waals surface area contributed by atoms with Gasteiger partial charge in [-0.1, -0.05) is 0 Å². The summed E-state index contributed by atoms with van der Waals surface area (Å²) in [7, 11) is 0. The van der Waals surface area contributed by atoms with Crippen LogP contribution < -0.4 is 10.6 Å². The van der Waals surface area contributed by atoms with E-state index in [4.69, 9.17) is 10.5 Å². The normalized spacial score (nSPS) is 28.8. The number of anilines is 1. The Balaban J connectivity index is 1.97. The van der Waals surface area contributed by atoms with E-state index in [-0.39, 0.29) is 17.0 Å². The number of nitrogens with zero attached hydrogens (tertiary/aromatic N) is 2. The van der Waals surface area contributed by atoms with Crippen molar-refractivity contribution in [2.45, 2.75) is 37.8 Å². The molecule has 2 N–H and O–H groups in total. The number of hydrogen-bond donors (Lipinski definition) is 1. The number of hydrogen-bond acceptors (Lipinski definition) is 4. The van der Waals surface area contributed by atoms with Crippen molar-refractivity contribution in [3.8, 4) is 0 Å². The number of ether oxygens (including phenoxy) is 1. The van der Waals surface area contributed by atoms with Gasteiger partial charge in [0.1, 0.15) is 5.82 Å². The maximum atomic E-state index is 13.1.